The van der Waals surface area contributed by atoms with E-state index in [1.54, 1.807) is 0 Å². The molecule has 0 heterocycles. The molecule has 0 fully saturated rings. The number of halogens is 2. The zero-order valence-corrected chi connectivity index (χ0v) is 13.4. The van der Waals surface area contributed by atoms with Crippen molar-refractivity contribution in [2.75, 3.05) is 6.54 Å². The van der Waals surface area contributed by atoms with E-state index in [-0.39, 0.29) is 5.41 Å². The molecule has 0 aliphatic heterocycles. The lowest BCUT2D eigenvalue weighted by molar-refractivity contribution is 0.276. The fraction of sp³-hybridized carbons (Fsp3) is 0.538. The normalized spacial score (nSPS) is 13.9. The highest BCUT2D eigenvalue weighted by Gasteiger charge is 2.26. The predicted octanol–water partition coefficient (Wildman–Crippen LogP) is 4.91. The van der Waals surface area contributed by atoms with Gasteiger partial charge in [-0.05, 0) is 35.7 Å². The second kappa shape index (κ2) is 5.65. The van der Waals surface area contributed by atoms with Gasteiger partial charge < -0.3 is 5.32 Å². The third kappa shape index (κ3) is 3.57. The van der Waals surface area contributed by atoms with Crippen molar-refractivity contribution in [3.63, 3.8) is 0 Å². The molecule has 16 heavy (non-hydrogen) atoms. The summed E-state index contributed by atoms with van der Waals surface area (Å²) in [6.07, 6.45) is 0. The Balaban J connectivity index is 3.15. The molecule has 1 N–H and O–H groups in total. The fourth-order valence-electron chi connectivity index (χ4n) is 1.82. The Bertz CT molecular complexity index is 355. The van der Waals surface area contributed by atoms with Crippen molar-refractivity contribution in [2.45, 2.75) is 33.7 Å². The Morgan fingerprint density at radius 1 is 1.25 bits per heavy atom. The average molecular weight is 349 g/mol. The van der Waals surface area contributed by atoms with Gasteiger partial charge in [0.25, 0.3) is 0 Å². The quantitative estimate of drug-likeness (QED) is 0.818. The molecule has 1 aromatic rings. The number of hydrogen-bond acceptors (Lipinski definition) is 1. The fourth-order valence-corrected chi connectivity index (χ4v) is 2.68. The Morgan fingerprint density at radius 3 is 2.38 bits per heavy atom. The lowest BCUT2D eigenvalue weighted by atomic mass is 9.82. The van der Waals surface area contributed by atoms with Gasteiger partial charge in [-0.3, -0.25) is 0 Å². The van der Waals surface area contributed by atoms with Crippen molar-refractivity contribution in [3.8, 4) is 0 Å². The van der Waals surface area contributed by atoms with Crippen LogP contribution >= 0.6 is 31.9 Å². The molecular weight excluding hydrogens is 330 g/mol. The van der Waals surface area contributed by atoms with E-state index in [0.29, 0.717) is 6.04 Å². The van der Waals surface area contributed by atoms with Crippen molar-refractivity contribution in [3.05, 3.63) is 32.7 Å². The summed E-state index contributed by atoms with van der Waals surface area (Å²) in [6.45, 7) is 9.89. The van der Waals surface area contributed by atoms with Crippen LogP contribution in [0.2, 0.25) is 0 Å². The summed E-state index contributed by atoms with van der Waals surface area (Å²) in [5.74, 6) is 0. The minimum absolute atomic E-state index is 0.194. The zero-order valence-electron chi connectivity index (χ0n) is 10.3. The van der Waals surface area contributed by atoms with Crippen molar-refractivity contribution < 1.29 is 0 Å². The van der Waals surface area contributed by atoms with Gasteiger partial charge >= 0.3 is 0 Å². The van der Waals surface area contributed by atoms with Gasteiger partial charge in [0.15, 0.2) is 0 Å². The van der Waals surface area contributed by atoms with Crippen molar-refractivity contribution in [1.82, 2.24) is 5.32 Å². The van der Waals surface area contributed by atoms with E-state index in [9.17, 15) is 0 Å². The van der Waals surface area contributed by atoms with Crippen LogP contribution in [0.25, 0.3) is 0 Å². The van der Waals surface area contributed by atoms with Crippen LogP contribution in [-0.2, 0) is 0 Å². The van der Waals surface area contributed by atoms with E-state index in [1.807, 2.05) is 0 Å². The number of hydrogen-bond donors (Lipinski definition) is 1. The molecule has 1 nitrogen and oxygen atoms in total. The smallest absolute Gasteiger partial charge is 0.0380 e. The summed E-state index contributed by atoms with van der Waals surface area (Å²) in [5.41, 5.74) is 1.50. The minimum atomic E-state index is 0.194. The Kier molecular flexibility index (Phi) is 5.02. The molecule has 0 amide bonds. The molecule has 0 saturated carbocycles. The van der Waals surface area contributed by atoms with Crippen LogP contribution in [0.1, 0.15) is 39.3 Å². The third-order valence-electron chi connectivity index (χ3n) is 2.54. The zero-order chi connectivity index (χ0) is 12.3. The van der Waals surface area contributed by atoms with Gasteiger partial charge in [0, 0.05) is 15.0 Å². The first kappa shape index (κ1) is 14.2. The summed E-state index contributed by atoms with van der Waals surface area (Å²) in [7, 11) is 0. The molecular formula is C13H19Br2N. The van der Waals surface area contributed by atoms with E-state index in [0.717, 1.165) is 15.5 Å². The third-order valence-corrected chi connectivity index (χ3v) is 3.76. The number of rotatable bonds is 3. The largest absolute Gasteiger partial charge is 0.310 e. The number of nitrogens with one attached hydrogen (secondary N) is 1. The first-order valence-corrected chi connectivity index (χ1v) is 7.13. The van der Waals surface area contributed by atoms with E-state index in [1.165, 1.54) is 5.56 Å². The summed E-state index contributed by atoms with van der Waals surface area (Å²) >= 11 is 7.17. The second-order valence-electron chi connectivity index (χ2n) is 5.02. The highest BCUT2D eigenvalue weighted by Crippen LogP contribution is 2.37. The summed E-state index contributed by atoms with van der Waals surface area (Å²) in [5, 5.41) is 3.56. The maximum Gasteiger partial charge on any atom is 0.0380 e. The van der Waals surface area contributed by atoms with E-state index >= 15 is 0 Å². The van der Waals surface area contributed by atoms with Crippen LogP contribution in [-0.4, -0.2) is 6.54 Å². The molecule has 1 atom stereocenters. The van der Waals surface area contributed by atoms with E-state index < -0.39 is 0 Å². The van der Waals surface area contributed by atoms with Crippen molar-refractivity contribution in [2.24, 2.45) is 5.41 Å². The Morgan fingerprint density at radius 2 is 1.88 bits per heavy atom. The van der Waals surface area contributed by atoms with Crippen LogP contribution in [0.3, 0.4) is 0 Å². The molecule has 0 radical (unpaired) electrons. The topological polar surface area (TPSA) is 12.0 Å². The molecule has 1 unspecified atom stereocenters. The van der Waals surface area contributed by atoms with Crippen molar-refractivity contribution >= 4 is 31.9 Å². The van der Waals surface area contributed by atoms with Crippen LogP contribution in [0.4, 0.5) is 0 Å². The highest BCUT2D eigenvalue weighted by molar-refractivity contribution is 9.11. The monoisotopic (exact) mass is 347 g/mol. The van der Waals surface area contributed by atoms with Crippen LogP contribution in [0, 0.1) is 5.41 Å². The first-order chi connectivity index (χ1) is 7.36. The molecule has 0 aliphatic carbocycles. The van der Waals surface area contributed by atoms with Crippen LogP contribution in [0.15, 0.2) is 27.1 Å². The molecule has 0 aliphatic rings. The number of benzene rings is 1. The van der Waals surface area contributed by atoms with Gasteiger partial charge in [-0.1, -0.05) is 59.6 Å². The predicted molar refractivity (Wildman–Crippen MR) is 77.7 cm³/mol. The van der Waals surface area contributed by atoms with E-state index in [2.05, 4.69) is 83.1 Å². The lowest BCUT2D eigenvalue weighted by Gasteiger charge is -2.32. The lowest BCUT2D eigenvalue weighted by Crippen LogP contribution is -2.32. The van der Waals surface area contributed by atoms with Gasteiger partial charge in [-0.2, -0.15) is 0 Å². The van der Waals surface area contributed by atoms with Crippen molar-refractivity contribution in [1.29, 1.82) is 0 Å². The van der Waals surface area contributed by atoms with Gasteiger partial charge in [0.1, 0.15) is 0 Å². The first-order valence-electron chi connectivity index (χ1n) is 5.54. The minimum Gasteiger partial charge on any atom is -0.310 e. The Hall–Kier alpha value is 0.140. The standard InChI is InChI=1S/C13H19Br2N/c1-5-16-12(13(2,3)4)10-8-9(14)6-7-11(10)15/h6-8,12,16H,5H2,1-4H3. The molecule has 3 heteroatoms. The van der Waals surface area contributed by atoms with Gasteiger partial charge in [-0.15, -0.1) is 0 Å². The molecule has 0 bridgehead atoms. The van der Waals surface area contributed by atoms with Gasteiger partial charge in [0.05, 0.1) is 0 Å². The summed E-state index contributed by atoms with van der Waals surface area (Å²) in [4.78, 5) is 0. The van der Waals surface area contributed by atoms with E-state index in [4.69, 9.17) is 0 Å². The molecule has 1 rings (SSSR count). The molecule has 0 spiro atoms. The molecule has 0 saturated heterocycles. The summed E-state index contributed by atoms with van der Waals surface area (Å²) in [6, 6.07) is 6.68. The summed E-state index contributed by atoms with van der Waals surface area (Å²) < 4.78 is 2.29. The maximum atomic E-state index is 3.63. The second-order valence-corrected chi connectivity index (χ2v) is 6.79. The van der Waals surface area contributed by atoms with Crippen LogP contribution < -0.4 is 5.32 Å². The maximum absolute atomic E-state index is 3.63. The highest BCUT2D eigenvalue weighted by atomic mass is 79.9. The molecule has 90 valence electrons. The average Bonchev–Trinajstić information content (AvgIpc) is 2.17. The SMILES string of the molecule is CCNC(c1cc(Br)ccc1Br)C(C)(C)C. The van der Waals surface area contributed by atoms with Gasteiger partial charge in [-0.25, -0.2) is 0 Å². The molecule has 1 aromatic carbocycles. The molecule has 0 aromatic heterocycles. The van der Waals surface area contributed by atoms with Crippen LogP contribution in [0.5, 0.6) is 0 Å². The van der Waals surface area contributed by atoms with Gasteiger partial charge in [0.2, 0.25) is 0 Å². The Labute approximate surface area is 115 Å².